The molecule has 2 nitrogen and oxygen atoms in total. The van der Waals surface area contributed by atoms with Crippen molar-refractivity contribution >= 4 is 5.97 Å². The van der Waals surface area contributed by atoms with Crippen LogP contribution in [0.15, 0.2) is 12.2 Å². The fourth-order valence-corrected chi connectivity index (χ4v) is 2.49. The van der Waals surface area contributed by atoms with Gasteiger partial charge in [0.2, 0.25) is 0 Å². The molecule has 0 aliphatic heterocycles. The van der Waals surface area contributed by atoms with E-state index in [9.17, 15) is 4.79 Å². The fourth-order valence-electron chi connectivity index (χ4n) is 2.49. The van der Waals surface area contributed by atoms with Gasteiger partial charge in [0.1, 0.15) is 0 Å². The van der Waals surface area contributed by atoms with E-state index < -0.39 is 5.97 Å². The minimum absolute atomic E-state index is 0.150. The largest absolute Gasteiger partial charge is 0.481 e. The molecular weight excluding hydrogens is 248 g/mol. The number of hydrogen-bond donors (Lipinski definition) is 1. The van der Waals surface area contributed by atoms with E-state index in [1.165, 1.54) is 44.9 Å². The van der Waals surface area contributed by atoms with E-state index in [4.69, 9.17) is 5.11 Å². The molecule has 1 unspecified atom stereocenters. The van der Waals surface area contributed by atoms with E-state index in [-0.39, 0.29) is 5.92 Å². The van der Waals surface area contributed by atoms with Crippen LogP contribution in [0.1, 0.15) is 90.9 Å². The highest BCUT2D eigenvalue weighted by molar-refractivity contribution is 5.69. The maximum absolute atomic E-state index is 11.0. The van der Waals surface area contributed by atoms with Gasteiger partial charge in [-0.05, 0) is 32.1 Å². The summed E-state index contributed by atoms with van der Waals surface area (Å²) in [6.07, 6.45) is 18.5. The van der Waals surface area contributed by atoms with E-state index in [1.54, 1.807) is 0 Å². The van der Waals surface area contributed by atoms with Crippen molar-refractivity contribution in [2.45, 2.75) is 90.9 Å². The summed E-state index contributed by atoms with van der Waals surface area (Å²) in [7, 11) is 0. The molecule has 0 fully saturated rings. The Morgan fingerprint density at radius 1 is 0.850 bits per heavy atom. The van der Waals surface area contributed by atoms with Crippen molar-refractivity contribution in [3.63, 3.8) is 0 Å². The lowest BCUT2D eigenvalue weighted by Gasteiger charge is -2.08. The van der Waals surface area contributed by atoms with Crippen molar-refractivity contribution in [3.8, 4) is 0 Å². The molecule has 0 aliphatic rings. The van der Waals surface area contributed by atoms with Crippen LogP contribution in [0.2, 0.25) is 0 Å². The van der Waals surface area contributed by atoms with Gasteiger partial charge in [-0.2, -0.15) is 0 Å². The monoisotopic (exact) mass is 282 g/mol. The first-order valence-corrected chi connectivity index (χ1v) is 8.60. The number of aliphatic carboxylic acids is 1. The molecule has 0 aromatic rings. The Morgan fingerprint density at radius 2 is 1.45 bits per heavy atom. The van der Waals surface area contributed by atoms with E-state index in [0.29, 0.717) is 0 Å². The molecule has 0 heterocycles. The Kier molecular flexibility index (Phi) is 14.0. The SMILES string of the molecule is CCCCCCCCC/C=C/CCC(CCC)C(=O)O. The molecule has 0 radical (unpaired) electrons. The molecule has 0 saturated heterocycles. The number of carbonyl (C=O) groups is 1. The molecule has 1 N–H and O–H groups in total. The average molecular weight is 282 g/mol. The zero-order valence-electron chi connectivity index (χ0n) is 13.6. The molecule has 0 aliphatic carbocycles. The van der Waals surface area contributed by atoms with Gasteiger partial charge in [-0.25, -0.2) is 0 Å². The van der Waals surface area contributed by atoms with Crippen LogP contribution in [-0.4, -0.2) is 11.1 Å². The standard InChI is InChI=1S/C18H34O2/c1-3-5-6-7-8-9-10-11-12-13-14-16-17(15-4-2)18(19)20/h12-13,17H,3-11,14-16H2,1-2H3,(H,19,20)/b13-12+. The quantitative estimate of drug-likeness (QED) is 0.315. The summed E-state index contributed by atoms with van der Waals surface area (Å²) in [5.41, 5.74) is 0. The maximum Gasteiger partial charge on any atom is 0.306 e. The second-order valence-corrected chi connectivity index (χ2v) is 5.78. The number of unbranched alkanes of at least 4 members (excludes halogenated alkanes) is 7. The molecule has 118 valence electrons. The lowest BCUT2D eigenvalue weighted by molar-refractivity contribution is -0.142. The van der Waals surface area contributed by atoms with Gasteiger partial charge in [0, 0.05) is 0 Å². The molecule has 0 spiro atoms. The number of rotatable bonds is 14. The summed E-state index contributed by atoms with van der Waals surface area (Å²) >= 11 is 0. The number of allylic oxidation sites excluding steroid dienone is 2. The lowest BCUT2D eigenvalue weighted by Crippen LogP contribution is -2.12. The summed E-state index contributed by atoms with van der Waals surface area (Å²) in [6, 6.07) is 0. The van der Waals surface area contributed by atoms with E-state index >= 15 is 0 Å². The number of hydrogen-bond acceptors (Lipinski definition) is 1. The zero-order valence-corrected chi connectivity index (χ0v) is 13.6. The van der Waals surface area contributed by atoms with Crippen LogP contribution in [0.3, 0.4) is 0 Å². The van der Waals surface area contributed by atoms with Crippen LogP contribution in [0, 0.1) is 5.92 Å². The fraction of sp³-hybridized carbons (Fsp3) is 0.833. The summed E-state index contributed by atoms with van der Waals surface area (Å²) in [5.74, 6) is -0.782. The summed E-state index contributed by atoms with van der Waals surface area (Å²) < 4.78 is 0. The molecule has 1 atom stereocenters. The molecule has 0 rings (SSSR count). The third kappa shape index (κ3) is 12.3. The first-order chi connectivity index (χ1) is 9.72. The smallest absolute Gasteiger partial charge is 0.306 e. The van der Waals surface area contributed by atoms with Crippen molar-refractivity contribution < 1.29 is 9.90 Å². The Balaban J connectivity index is 3.41. The lowest BCUT2D eigenvalue weighted by atomic mass is 9.98. The molecule has 20 heavy (non-hydrogen) atoms. The minimum atomic E-state index is -0.632. The van der Waals surface area contributed by atoms with E-state index in [1.807, 2.05) is 6.92 Å². The summed E-state index contributed by atoms with van der Waals surface area (Å²) in [4.78, 5) is 11.0. The summed E-state index contributed by atoms with van der Waals surface area (Å²) in [5, 5.41) is 9.04. The number of carboxylic acids is 1. The highest BCUT2D eigenvalue weighted by Gasteiger charge is 2.14. The first kappa shape index (κ1) is 19.2. The molecule has 0 bridgehead atoms. The molecular formula is C18H34O2. The van der Waals surface area contributed by atoms with Crippen molar-refractivity contribution in [3.05, 3.63) is 12.2 Å². The minimum Gasteiger partial charge on any atom is -0.481 e. The summed E-state index contributed by atoms with van der Waals surface area (Å²) in [6.45, 7) is 4.30. The number of carboxylic acid groups (broad SMARTS) is 1. The van der Waals surface area contributed by atoms with Crippen LogP contribution in [0.25, 0.3) is 0 Å². The highest BCUT2D eigenvalue weighted by atomic mass is 16.4. The van der Waals surface area contributed by atoms with Crippen LogP contribution in [-0.2, 0) is 4.79 Å². The molecule has 0 aromatic carbocycles. The van der Waals surface area contributed by atoms with Crippen molar-refractivity contribution in [1.29, 1.82) is 0 Å². The average Bonchev–Trinajstić information content (AvgIpc) is 2.43. The predicted octanol–water partition coefficient (Wildman–Crippen LogP) is 5.96. The topological polar surface area (TPSA) is 37.3 Å². The maximum atomic E-state index is 11.0. The van der Waals surface area contributed by atoms with Crippen LogP contribution in [0.5, 0.6) is 0 Å². The van der Waals surface area contributed by atoms with Crippen LogP contribution in [0.4, 0.5) is 0 Å². The predicted molar refractivity (Wildman–Crippen MR) is 87.0 cm³/mol. The first-order valence-electron chi connectivity index (χ1n) is 8.60. The third-order valence-electron chi connectivity index (χ3n) is 3.81. The van der Waals surface area contributed by atoms with Crippen LogP contribution >= 0.6 is 0 Å². The van der Waals surface area contributed by atoms with Gasteiger partial charge in [0.25, 0.3) is 0 Å². The van der Waals surface area contributed by atoms with Crippen molar-refractivity contribution in [2.75, 3.05) is 0 Å². The van der Waals surface area contributed by atoms with Gasteiger partial charge in [-0.15, -0.1) is 0 Å². The third-order valence-corrected chi connectivity index (χ3v) is 3.81. The molecule has 0 saturated carbocycles. The second kappa shape index (κ2) is 14.6. The van der Waals surface area contributed by atoms with Gasteiger partial charge < -0.3 is 5.11 Å². The van der Waals surface area contributed by atoms with Crippen molar-refractivity contribution in [1.82, 2.24) is 0 Å². The van der Waals surface area contributed by atoms with Gasteiger partial charge >= 0.3 is 5.97 Å². The van der Waals surface area contributed by atoms with E-state index in [2.05, 4.69) is 19.1 Å². The Hall–Kier alpha value is -0.790. The second-order valence-electron chi connectivity index (χ2n) is 5.78. The molecule has 0 amide bonds. The van der Waals surface area contributed by atoms with Gasteiger partial charge in [-0.3, -0.25) is 4.79 Å². The van der Waals surface area contributed by atoms with E-state index in [0.717, 1.165) is 32.1 Å². The van der Waals surface area contributed by atoms with Gasteiger partial charge in [0.15, 0.2) is 0 Å². The normalized spacial score (nSPS) is 12.9. The van der Waals surface area contributed by atoms with Gasteiger partial charge in [0.05, 0.1) is 5.92 Å². The van der Waals surface area contributed by atoms with Gasteiger partial charge in [-0.1, -0.05) is 70.9 Å². The zero-order chi connectivity index (χ0) is 15.1. The van der Waals surface area contributed by atoms with Crippen molar-refractivity contribution in [2.24, 2.45) is 5.92 Å². The van der Waals surface area contributed by atoms with Crippen LogP contribution < -0.4 is 0 Å². The highest BCUT2D eigenvalue weighted by Crippen LogP contribution is 2.14. The Labute approximate surface area is 125 Å². The molecule has 0 aromatic heterocycles. The molecule has 2 heteroatoms. The Morgan fingerprint density at radius 3 is 2.05 bits per heavy atom. The Bertz CT molecular complexity index is 246.